The normalized spacial score (nSPS) is 23.8. The van der Waals surface area contributed by atoms with E-state index in [9.17, 15) is 19.8 Å². The van der Waals surface area contributed by atoms with E-state index < -0.39 is 30.8 Å². The van der Waals surface area contributed by atoms with Crippen LogP contribution in [0.4, 0.5) is 11.9 Å². The largest absolute Gasteiger partial charge is 0.394 e. The Morgan fingerprint density at radius 1 is 0.833 bits per heavy atom. The lowest BCUT2D eigenvalue weighted by atomic mass is 10.1. The molecule has 19 nitrogen and oxygen atoms in total. The molecule has 0 saturated carbocycles. The van der Waals surface area contributed by atoms with Crippen molar-refractivity contribution in [1.29, 1.82) is 0 Å². The van der Waals surface area contributed by atoms with Crippen LogP contribution in [-0.2, 0) is 9.47 Å². The summed E-state index contributed by atoms with van der Waals surface area (Å²) < 4.78 is 14.3. The van der Waals surface area contributed by atoms with Gasteiger partial charge in [0.15, 0.2) is 23.8 Å². The lowest BCUT2D eigenvalue weighted by molar-refractivity contribution is -0.0470. The van der Waals surface area contributed by atoms with E-state index in [0.717, 1.165) is 0 Å². The molecule has 5 N–H and O–H groups in total. The lowest BCUT2D eigenvalue weighted by Gasteiger charge is -2.13. The van der Waals surface area contributed by atoms with Crippen molar-refractivity contribution in [3.8, 4) is 0 Å². The van der Waals surface area contributed by atoms with Crippen LogP contribution in [0.15, 0.2) is 32.0 Å². The molecule has 4 aromatic rings. The Kier molecular flexibility index (Phi) is 12.7. The molecule has 2 aliphatic rings. The summed E-state index contributed by atoms with van der Waals surface area (Å²) in [6.45, 7) is 1.66. The summed E-state index contributed by atoms with van der Waals surface area (Å²) in [7, 11) is 7.24. The van der Waals surface area contributed by atoms with Gasteiger partial charge in [0.1, 0.15) is 16.9 Å². The minimum absolute atomic E-state index is 0. The second kappa shape index (κ2) is 16.0. The molecular formula is C29H46N12O7. The second-order valence-corrected chi connectivity index (χ2v) is 11.3. The molecule has 48 heavy (non-hydrogen) atoms. The highest BCUT2D eigenvalue weighted by molar-refractivity contribution is 5.75. The highest BCUT2D eigenvalue weighted by Gasteiger charge is 2.36. The maximum atomic E-state index is 12.1. The quantitative estimate of drug-likeness (QED) is 0.128. The van der Waals surface area contributed by atoms with Crippen molar-refractivity contribution in [3.05, 3.63) is 33.1 Å². The molecule has 0 bridgehead atoms. The summed E-state index contributed by atoms with van der Waals surface area (Å²) in [5.74, 6) is 0.346. The number of fused-ring (bicyclic) bond motifs is 2. The van der Waals surface area contributed by atoms with Gasteiger partial charge in [0, 0.05) is 41.0 Å². The van der Waals surface area contributed by atoms with Crippen LogP contribution in [0, 0.1) is 0 Å². The molecule has 19 heteroatoms. The van der Waals surface area contributed by atoms with Gasteiger partial charge < -0.3 is 34.6 Å². The first kappa shape index (κ1) is 37.9. The smallest absolute Gasteiger partial charge is 0.263 e. The van der Waals surface area contributed by atoms with Crippen molar-refractivity contribution in [2.24, 2.45) is 9.98 Å². The summed E-state index contributed by atoms with van der Waals surface area (Å²) in [6.07, 6.45) is 4.02. The Labute approximate surface area is 276 Å². The zero-order chi connectivity index (χ0) is 33.1. The standard InChI is InChI=1S/C14H20N6O3.C13H18N6O4.2CH4/c1-4-10-9(21)5-11(23-10)20-12-8(6-16-20)13(22)18-14(17-12)15-7-19(2)3;1-18(2)6-14-13-16-11-7(12(22)17-13)4-15-19(11)10-3-8(21)9(5-20)23-10;;/h6-7,9-11,21H,4-5H2,1-3H3,(H,17,18,22);4,6,8-10,20-21H,3,5H2,1-2H3,(H,16,17,22);2*1H4. The van der Waals surface area contributed by atoms with Gasteiger partial charge in [-0.25, -0.2) is 19.3 Å². The van der Waals surface area contributed by atoms with Crippen molar-refractivity contribution in [2.45, 2.75) is 77.9 Å². The third-order valence-corrected chi connectivity index (χ3v) is 7.26. The summed E-state index contributed by atoms with van der Waals surface area (Å²) in [5, 5.41) is 38.0. The summed E-state index contributed by atoms with van der Waals surface area (Å²) >= 11 is 0. The number of aliphatic imine (C=N–C) groups is 2. The number of hydrogen-bond donors (Lipinski definition) is 5. The van der Waals surface area contributed by atoms with Crippen LogP contribution >= 0.6 is 0 Å². The predicted octanol–water partition coefficient (Wildman–Crippen LogP) is 0.653. The lowest BCUT2D eigenvalue weighted by Crippen LogP contribution is -2.24. The number of nitrogens with one attached hydrogen (secondary N) is 2. The fourth-order valence-electron chi connectivity index (χ4n) is 4.99. The van der Waals surface area contributed by atoms with Crippen molar-refractivity contribution in [3.63, 3.8) is 0 Å². The predicted molar refractivity (Wildman–Crippen MR) is 180 cm³/mol. The Bertz CT molecular complexity index is 1700. The van der Waals surface area contributed by atoms with Crippen molar-refractivity contribution < 1.29 is 24.8 Å². The number of aliphatic hydroxyl groups is 3. The zero-order valence-corrected chi connectivity index (χ0v) is 26.0. The number of H-pyrrole nitrogens is 2. The van der Waals surface area contributed by atoms with Gasteiger partial charge in [-0.15, -0.1) is 0 Å². The van der Waals surface area contributed by atoms with Crippen molar-refractivity contribution in [2.75, 3.05) is 34.8 Å². The van der Waals surface area contributed by atoms with Crippen LogP contribution in [0.25, 0.3) is 22.1 Å². The van der Waals surface area contributed by atoms with Crippen LogP contribution in [0.5, 0.6) is 0 Å². The van der Waals surface area contributed by atoms with Crippen LogP contribution in [-0.4, -0.2) is 137 Å². The Balaban J connectivity index is 0.000000250. The van der Waals surface area contributed by atoms with Gasteiger partial charge in [0.2, 0.25) is 11.9 Å². The minimum Gasteiger partial charge on any atom is -0.394 e. The molecule has 4 aromatic heterocycles. The minimum atomic E-state index is -0.794. The fraction of sp³-hybridized carbons (Fsp3) is 0.586. The molecule has 2 fully saturated rings. The third-order valence-electron chi connectivity index (χ3n) is 7.26. The highest BCUT2D eigenvalue weighted by Crippen LogP contribution is 2.32. The van der Waals surface area contributed by atoms with E-state index in [1.807, 2.05) is 21.0 Å². The van der Waals surface area contributed by atoms with Gasteiger partial charge in [-0.2, -0.15) is 20.2 Å². The molecule has 6 unspecified atom stereocenters. The average molecular weight is 675 g/mol. The molecule has 6 heterocycles. The Morgan fingerprint density at radius 3 is 1.60 bits per heavy atom. The number of ether oxygens (including phenoxy) is 2. The Hall–Kier alpha value is -4.56. The molecule has 6 rings (SSSR count). The number of rotatable bonds is 8. The van der Waals surface area contributed by atoms with Gasteiger partial charge in [-0.1, -0.05) is 21.8 Å². The monoisotopic (exact) mass is 674 g/mol. The van der Waals surface area contributed by atoms with Crippen LogP contribution in [0.2, 0.25) is 0 Å². The first-order valence-electron chi connectivity index (χ1n) is 14.6. The molecule has 0 amide bonds. The SMILES string of the molecule is C.C.CCC1OC(n2ncc3c(=O)[nH]c(N=CN(C)C)nc32)CC1O.CN(C)C=Nc1nc2c(cnn2C2CC(O)C(CO)O2)c(=O)[nH]1. The first-order valence-corrected chi connectivity index (χ1v) is 14.6. The number of aliphatic hydroxyl groups excluding tert-OH is 3. The average Bonchev–Trinajstić information content (AvgIpc) is 3.80. The number of aromatic amines is 2. The fourth-order valence-corrected chi connectivity index (χ4v) is 4.99. The van der Waals surface area contributed by atoms with Gasteiger partial charge in [0.05, 0.1) is 50.0 Å². The highest BCUT2D eigenvalue weighted by atomic mass is 16.5. The van der Waals surface area contributed by atoms with E-state index in [2.05, 4.69) is 40.1 Å². The number of hydrogen-bond acceptors (Lipinski definition) is 13. The van der Waals surface area contributed by atoms with E-state index in [0.29, 0.717) is 34.9 Å². The van der Waals surface area contributed by atoms with Crippen molar-refractivity contribution >= 4 is 46.6 Å². The van der Waals surface area contributed by atoms with E-state index in [-0.39, 0.29) is 57.0 Å². The molecule has 264 valence electrons. The summed E-state index contributed by atoms with van der Waals surface area (Å²) in [4.78, 5) is 49.7. The van der Waals surface area contributed by atoms with Crippen LogP contribution < -0.4 is 11.1 Å². The second-order valence-electron chi connectivity index (χ2n) is 11.3. The molecule has 2 aliphatic heterocycles. The first-order chi connectivity index (χ1) is 22.0. The molecule has 0 aromatic carbocycles. The van der Waals surface area contributed by atoms with Crippen LogP contribution in [0.1, 0.15) is 53.5 Å². The van der Waals surface area contributed by atoms with Crippen LogP contribution in [0.3, 0.4) is 0 Å². The van der Waals surface area contributed by atoms with E-state index in [1.165, 1.54) is 28.1 Å². The third kappa shape index (κ3) is 8.11. The van der Waals surface area contributed by atoms with Crippen molar-refractivity contribution in [1.82, 2.24) is 49.3 Å². The molecule has 6 atom stereocenters. The molecule has 0 spiro atoms. The molecule has 2 saturated heterocycles. The molecular weight excluding hydrogens is 628 g/mol. The molecule has 0 aliphatic carbocycles. The van der Waals surface area contributed by atoms with E-state index >= 15 is 0 Å². The summed E-state index contributed by atoms with van der Waals surface area (Å²) in [6, 6.07) is 0. The molecule has 0 radical (unpaired) electrons. The van der Waals surface area contributed by atoms with Gasteiger partial charge in [-0.3, -0.25) is 19.6 Å². The number of aromatic nitrogens is 8. The van der Waals surface area contributed by atoms with Gasteiger partial charge in [0.25, 0.3) is 11.1 Å². The maximum Gasteiger partial charge on any atom is 0.263 e. The van der Waals surface area contributed by atoms with Gasteiger partial charge >= 0.3 is 0 Å². The maximum absolute atomic E-state index is 12.1. The van der Waals surface area contributed by atoms with E-state index in [1.54, 1.807) is 30.2 Å². The van der Waals surface area contributed by atoms with Gasteiger partial charge in [-0.05, 0) is 6.42 Å². The topological polar surface area (TPSA) is 237 Å². The zero-order valence-electron chi connectivity index (χ0n) is 26.0. The van der Waals surface area contributed by atoms with E-state index in [4.69, 9.17) is 14.6 Å². The Morgan fingerprint density at radius 2 is 1.25 bits per heavy atom. The number of nitrogens with zero attached hydrogens (tertiary/aromatic N) is 10. The summed E-state index contributed by atoms with van der Waals surface area (Å²) in [5.41, 5.74) is 0.0474.